The molecule has 0 aliphatic heterocycles. The number of nitrogens with zero attached hydrogens (tertiary/aromatic N) is 2. The van der Waals surface area contributed by atoms with Gasteiger partial charge in [-0.1, -0.05) is 52.8 Å². The summed E-state index contributed by atoms with van der Waals surface area (Å²) in [6, 6.07) is 17.8. The fourth-order valence-electron chi connectivity index (χ4n) is 2.75. The average molecular weight is 407 g/mol. The Hall–Kier alpha value is -3.12. The van der Waals surface area contributed by atoms with Gasteiger partial charge in [-0.15, -0.1) is 0 Å². The van der Waals surface area contributed by atoms with Gasteiger partial charge in [-0.25, -0.2) is 4.68 Å². The quantitative estimate of drug-likeness (QED) is 0.548. The van der Waals surface area contributed by atoms with E-state index in [1.165, 1.54) is 0 Å². The van der Waals surface area contributed by atoms with Crippen LogP contribution in [0, 0.1) is 0 Å². The van der Waals surface area contributed by atoms with Crippen LogP contribution in [-0.4, -0.2) is 20.0 Å². The summed E-state index contributed by atoms with van der Waals surface area (Å²) in [6.45, 7) is 3.87. The van der Waals surface area contributed by atoms with E-state index in [1.54, 1.807) is 0 Å². The van der Waals surface area contributed by atoms with Gasteiger partial charge in [-0.3, -0.25) is 15.0 Å². The minimum atomic E-state index is -0.204. The maximum Gasteiger partial charge on any atom is 0.271 e. The minimum Gasteiger partial charge on any atom is -0.298 e. The number of hydrogen-bond acceptors (Lipinski definition) is 2. The van der Waals surface area contributed by atoms with Crippen molar-refractivity contribution in [1.82, 2.24) is 20.0 Å². The Kier molecular flexibility index (Phi) is 4.18. The SMILES string of the molecule is C=c1[nH][nH]c(=O)c1=Cc1cn(-c2ccccc2)nc1-c1ccc(Br)cc1. The maximum absolute atomic E-state index is 12.0. The van der Waals surface area contributed by atoms with Crippen LogP contribution in [0.4, 0.5) is 0 Å². The van der Waals surface area contributed by atoms with Crippen LogP contribution in [-0.2, 0) is 0 Å². The topological polar surface area (TPSA) is 66.5 Å². The summed E-state index contributed by atoms with van der Waals surface area (Å²) in [5, 5.41) is 11.1. The van der Waals surface area contributed by atoms with E-state index in [9.17, 15) is 4.79 Å². The van der Waals surface area contributed by atoms with Gasteiger partial charge in [0.25, 0.3) is 5.56 Å². The van der Waals surface area contributed by atoms with Crippen molar-refractivity contribution in [1.29, 1.82) is 0 Å². The molecule has 0 atom stereocenters. The molecule has 4 rings (SSSR count). The highest BCUT2D eigenvalue weighted by Crippen LogP contribution is 2.25. The van der Waals surface area contributed by atoms with Crippen molar-refractivity contribution >= 4 is 28.6 Å². The highest BCUT2D eigenvalue weighted by atomic mass is 79.9. The van der Waals surface area contributed by atoms with Gasteiger partial charge in [0.15, 0.2) is 0 Å². The molecule has 0 aliphatic rings. The number of rotatable bonds is 3. The van der Waals surface area contributed by atoms with E-state index in [0.29, 0.717) is 10.6 Å². The van der Waals surface area contributed by atoms with Crippen molar-refractivity contribution in [3.05, 3.63) is 91.8 Å². The second kappa shape index (κ2) is 6.65. The molecule has 2 heterocycles. The normalized spacial score (nSPS) is 11.8. The molecule has 26 heavy (non-hydrogen) atoms. The van der Waals surface area contributed by atoms with Crippen molar-refractivity contribution < 1.29 is 0 Å². The van der Waals surface area contributed by atoms with Gasteiger partial charge in [0.2, 0.25) is 0 Å². The fourth-order valence-corrected chi connectivity index (χ4v) is 3.01. The summed E-state index contributed by atoms with van der Waals surface area (Å²) < 4.78 is 2.81. The molecule has 5 nitrogen and oxygen atoms in total. The highest BCUT2D eigenvalue weighted by Gasteiger charge is 2.11. The molecule has 128 valence electrons. The van der Waals surface area contributed by atoms with E-state index < -0.39 is 0 Å². The van der Waals surface area contributed by atoms with Crippen LogP contribution in [0.5, 0.6) is 0 Å². The van der Waals surface area contributed by atoms with Crippen LogP contribution in [0.1, 0.15) is 5.56 Å². The van der Waals surface area contributed by atoms with Crippen LogP contribution in [0.15, 0.2) is 70.1 Å². The molecular formula is C20H15BrN4O. The number of aromatic amines is 2. The lowest BCUT2D eigenvalue weighted by atomic mass is 10.1. The summed E-state index contributed by atoms with van der Waals surface area (Å²) in [5.74, 6) is 0. The lowest BCUT2D eigenvalue weighted by molar-refractivity contribution is 0.884. The van der Waals surface area contributed by atoms with E-state index in [4.69, 9.17) is 5.10 Å². The van der Waals surface area contributed by atoms with Crippen molar-refractivity contribution in [3.63, 3.8) is 0 Å². The molecule has 0 amide bonds. The second-order valence-corrected chi connectivity index (χ2v) is 6.75. The fraction of sp³-hybridized carbons (Fsp3) is 0. The van der Waals surface area contributed by atoms with Gasteiger partial charge < -0.3 is 0 Å². The van der Waals surface area contributed by atoms with E-state index in [1.807, 2.05) is 71.6 Å². The summed E-state index contributed by atoms with van der Waals surface area (Å²) in [5.41, 5.74) is 3.34. The molecule has 0 spiro atoms. The number of H-pyrrole nitrogens is 2. The molecule has 2 N–H and O–H groups in total. The van der Waals surface area contributed by atoms with Crippen LogP contribution in [0.25, 0.3) is 29.6 Å². The minimum absolute atomic E-state index is 0.204. The monoisotopic (exact) mass is 406 g/mol. The first-order valence-corrected chi connectivity index (χ1v) is 8.79. The van der Waals surface area contributed by atoms with E-state index in [-0.39, 0.29) is 5.56 Å². The third kappa shape index (κ3) is 3.07. The van der Waals surface area contributed by atoms with Crippen molar-refractivity contribution in [2.24, 2.45) is 0 Å². The molecule has 0 bridgehead atoms. The highest BCUT2D eigenvalue weighted by molar-refractivity contribution is 9.10. The van der Waals surface area contributed by atoms with Crippen LogP contribution >= 0.6 is 15.9 Å². The molecule has 6 heteroatoms. The Balaban J connectivity index is 1.96. The van der Waals surface area contributed by atoms with Gasteiger partial charge in [-0.05, 0) is 30.3 Å². The zero-order valence-corrected chi connectivity index (χ0v) is 15.3. The Morgan fingerprint density at radius 3 is 2.42 bits per heavy atom. The van der Waals surface area contributed by atoms with E-state index >= 15 is 0 Å². The van der Waals surface area contributed by atoms with E-state index in [2.05, 4.69) is 32.7 Å². The Morgan fingerprint density at radius 2 is 1.77 bits per heavy atom. The van der Waals surface area contributed by atoms with Gasteiger partial charge >= 0.3 is 0 Å². The summed E-state index contributed by atoms with van der Waals surface area (Å²) in [7, 11) is 0. The molecule has 2 aromatic carbocycles. The lowest BCUT2D eigenvalue weighted by Gasteiger charge is -2.00. The first kappa shape index (κ1) is 16.4. The number of benzene rings is 2. The zero-order valence-electron chi connectivity index (χ0n) is 13.7. The number of aromatic nitrogens is 4. The number of para-hydroxylation sites is 1. The number of hydrogen-bond donors (Lipinski definition) is 2. The predicted molar refractivity (Wildman–Crippen MR) is 106 cm³/mol. The first-order chi connectivity index (χ1) is 12.6. The van der Waals surface area contributed by atoms with Gasteiger partial charge in [-0.2, -0.15) is 5.10 Å². The molecule has 0 radical (unpaired) electrons. The standard InChI is InChI=1S/C20H15BrN4O/c1-13-18(20(26)23-22-13)11-15-12-25(17-5-3-2-4-6-17)24-19(15)14-7-9-16(21)10-8-14/h2-12,22H,1H2,(H,23,26). The Bertz CT molecular complexity index is 1190. The first-order valence-electron chi connectivity index (χ1n) is 8.00. The zero-order chi connectivity index (χ0) is 18.1. The molecule has 4 aromatic rings. The Morgan fingerprint density at radius 1 is 1.04 bits per heavy atom. The molecule has 2 aromatic heterocycles. The third-order valence-corrected chi connectivity index (χ3v) is 4.61. The van der Waals surface area contributed by atoms with Crippen LogP contribution in [0.2, 0.25) is 0 Å². The smallest absolute Gasteiger partial charge is 0.271 e. The molecule has 0 fully saturated rings. The van der Waals surface area contributed by atoms with E-state index in [0.717, 1.165) is 27.0 Å². The van der Waals surface area contributed by atoms with Crippen molar-refractivity contribution in [3.8, 4) is 16.9 Å². The van der Waals surface area contributed by atoms with Gasteiger partial charge in [0.05, 0.1) is 21.9 Å². The van der Waals surface area contributed by atoms with Gasteiger partial charge in [0.1, 0.15) is 0 Å². The van der Waals surface area contributed by atoms with Crippen LogP contribution < -0.4 is 16.1 Å². The number of nitrogens with one attached hydrogen (secondary N) is 2. The molecule has 0 unspecified atom stereocenters. The van der Waals surface area contributed by atoms with Crippen molar-refractivity contribution in [2.45, 2.75) is 0 Å². The Labute approximate surface area is 157 Å². The second-order valence-electron chi connectivity index (χ2n) is 5.84. The molecule has 0 saturated heterocycles. The van der Waals surface area contributed by atoms with Crippen LogP contribution in [0.3, 0.4) is 0 Å². The third-order valence-electron chi connectivity index (χ3n) is 4.08. The summed E-state index contributed by atoms with van der Waals surface area (Å²) >= 11 is 3.45. The van der Waals surface area contributed by atoms with Crippen molar-refractivity contribution in [2.75, 3.05) is 0 Å². The summed E-state index contributed by atoms with van der Waals surface area (Å²) in [4.78, 5) is 12.0. The summed E-state index contributed by atoms with van der Waals surface area (Å²) in [6.07, 6.45) is 3.72. The number of halogens is 1. The predicted octanol–water partition coefficient (Wildman–Crippen LogP) is 2.56. The molecule has 0 aliphatic carbocycles. The van der Waals surface area contributed by atoms with Gasteiger partial charge in [0, 0.05) is 21.8 Å². The lowest BCUT2D eigenvalue weighted by Crippen LogP contribution is -2.32. The molecule has 0 saturated carbocycles. The largest absolute Gasteiger partial charge is 0.298 e. The maximum atomic E-state index is 12.0. The average Bonchev–Trinajstić information content (AvgIpc) is 3.22. The molecular weight excluding hydrogens is 392 g/mol.